The van der Waals surface area contributed by atoms with Gasteiger partial charge in [0, 0.05) is 31.9 Å². The molecule has 4 N–H and O–H groups in total. The molecule has 11 nitrogen and oxygen atoms in total. The number of amides is 1. The van der Waals surface area contributed by atoms with Gasteiger partial charge in [0.1, 0.15) is 11.6 Å². The van der Waals surface area contributed by atoms with Crippen LogP contribution in [-0.2, 0) is 14.8 Å². The van der Waals surface area contributed by atoms with E-state index in [2.05, 4.69) is 71.8 Å². The van der Waals surface area contributed by atoms with Crippen LogP contribution in [0.15, 0.2) is 59.2 Å². The first-order valence-electron chi connectivity index (χ1n) is 16.7. The Morgan fingerprint density at radius 1 is 0.979 bits per heavy atom. The first-order valence-corrected chi connectivity index (χ1v) is 19.1. The lowest BCUT2D eigenvalue weighted by Gasteiger charge is -2.32. The van der Waals surface area contributed by atoms with E-state index in [-0.39, 0.29) is 29.7 Å². The third-order valence-corrected chi connectivity index (χ3v) is 11.5. The van der Waals surface area contributed by atoms with Crippen molar-refractivity contribution in [3.63, 3.8) is 0 Å². The predicted molar refractivity (Wildman–Crippen MR) is 189 cm³/mol. The predicted octanol–water partition coefficient (Wildman–Crippen LogP) is 5.49. The number of sulfonamides is 1. The Morgan fingerprint density at radius 3 is 2.46 bits per heavy atom. The molecule has 5 rings (SSSR count). The molecule has 48 heavy (non-hydrogen) atoms. The van der Waals surface area contributed by atoms with Crippen LogP contribution in [0.5, 0.6) is 0 Å². The van der Waals surface area contributed by atoms with Crippen molar-refractivity contribution in [3.8, 4) is 0 Å². The average molecular weight is 747 g/mol. The zero-order chi connectivity index (χ0) is 33.9. The van der Waals surface area contributed by atoms with E-state index in [1.165, 1.54) is 41.0 Å². The van der Waals surface area contributed by atoms with Crippen LogP contribution in [0.4, 0.5) is 21.8 Å². The number of ether oxygens (including phenoxy) is 1. The normalized spacial score (nSPS) is 17.0. The van der Waals surface area contributed by atoms with Crippen LogP contribution in [0.2, 0.25) is 0 Å². The molecule has 3 aromatic rings. The van der Waals surface area contributed by atoms with Crippen molar-refractivity contribution >= 4 is 49.3 Å². The third-order valence-electron chi connectivity index (χ3n) is 9.04. The molecule has 0 bridgehead atoms. The van der Waals surface area contributed by atoms with E-state index >= 15 is 0 Å². The van der Waals surface area contributed by atoms with E-state index in [1.54, 1.807) is 0 Å². The number of aromatic nitrogens is 2. The Balaban J connectivity index is 0.958. The first kappa shape index (κ1) is 36.1. The quantitative estimate of drug-likeness (QED) is 0.162. The van der Waals surface area contributed by atoms with E-state index in [4.69, 9.17) is 10.5 Å². The maximum atomic E-state index is 14.2. The largest absolute Gasteiger partial charge is 0.380 e. The molecule has 0 radical (unpaired) electrons. The maximum Gasteiger partial charge on any atom is 0.253 e. The summed E-state index contributed by atoms with van der Waals surface area (Å²) in [6.45, 7) is 4.94. The second-order valence-electron chi connectivity index (χ2n) is 12.4. The van der Waals surface area contributed by atoms with Gasteiger partial charge in [-0.2, -0.15) is 4.98 Å². The SMILES string of the molecule is NC(=O)c1c(F)cccc1Nc1nc(NC2CCN(S(=O)(=O)CCOCCCCCN3CCC(c4ccccc4)CC3)CC2)ncc1Br. The Labute approximate surface area is 291 Å². The highest BCUT2D eigenvalue weighted by molar-refractivity contribution is 9.10. The van der Waals surface area contributed by atoms with Crippen LogP contribution in [0.25, 0.3) is 0 Å². The van der Waals surface area contributed by atoms with Crippen molar-refractivity contribution in [2.75, 3.05) is 62.3 Å². The van der Waals surface area contributed by atoms with Crippen LogP contribution in [0.3, 0.4) is 0 Å². The van der Waals surface area contributed by atoms with Crippen molar-refractivity contribution in [3.05, 3.63) is 76.1 Å². The number of primary amides is 1. The summed E-state index contributed by atoms with van der Waals surface area (Å²) in [7, 11) is -3.42. The lowest BCUT2D eigenvalue weighted by molar-refractivity contribution is 0.0997. The Kier molecular flexibility index (Phi) is 13.1. The van der Waals surface area contributed by atoms with Gasteiger partial charge < -0.3 is 26.0 Å². The second-order valence-corrected chi connectivity index (χ2v) is 15.3. The second kappa shape index (κ2) is 17.5. The zero-order valence-electron chi connectivity index (χ0n) is 27.1. The number of hydrogen-bond donors (Lipinski definition) is 3. The number of benzene rings is 2. The number of nitrogens with two attached hydrogens (primary N) is 1. The summed E-state index contributed by atoms with van der Waals surface area (Å²) in [5.74, 6) is -0.348. The number of unbranched alkanes of at least 4 members (excludes halogenated alkanes) is 2. The topological polar surface area (TPSA) is 143 Å². The van der Waals surface area contributed by atoms with Gasteiger partial charge >= 0.3 is 0 Å². The molecule has 1 amide bonds. The van der Waals surface area contributed by atoms with Crippen molar-refractivity contribution in [2.24, 2.45) is 5.73 Å². The summed E-state index contributed by atoms with van der Waals surface area (Å²) in [4.78, 5) is 23.1. The minimum atomic E-state index is -3.42. The van der Waals surface area contributed by atoms with Crippen LogP contribution in [0, 0.1) is 5.82 Å². The molecule has 2 aliphatic rings. The fraction of sp³-hybridized carbons (Fsp3) is 0.500. The van der Waals surface area contributed by atoms with Crippen LogP contribution < -0.4 is 16.4 Å². The molecule has 0 unspecified atom stereocenters. The average Bonchev–Trinajstić information content (AvgIpc) is 3.08. The minimum Gasteiger partial charge on any atom is -0.380 e. The molecule has 1 aromatic heterocycles. The fourth-order valence-electron chi connectivity index (χ4n) is 6.32. The molecule has 14 heteroatoms. The van der Waals surface area contributed by atoms with Gasteiger partial charge in [0.15, 0.2) is 0 Å². The summed E-state index contributed by atoms with van der Waals surface area (Å²) in [5, 5.41) is 6.21. The fourth-order valence-corrected chi connectivity index (χ4v) is 7.96. The minimum absolute atomic E-state index is 0.0281. The molecule has 2 aromatic carbocycles. The molecule has 0 atom stereocenters. The Bertz CT molecular complexity index is 1600. The van der Waals surface area contributed by atoms with Gasteiger partial charge in [0.05, 0.1) is 28.1 Å². The van der Waals surface area contributed by atoms with E-state index in [9.17, 15) is 17.6 Å². The Hall–Kier alpha value is -3.17. The molecule has 2 saturated heterocycles. The van der Waals surface area contributed by atoms with Gasteiger partial charge in [0.25, 0.3) is 5.91 Å². The Morgan fingerprint density at radius 2 is 1.73 bits per heavy atom. The number of rotatable bonds is 16. The number of likely N-dealkylation sites (tertiary alicyclic amines) is 1. The molecule has 0 aliphatic carbocycles. The van der Waals surface area contributed by atoms with Crippen molar-refractivity contribution in [2.45, 2.75) is 56.9 Å². The molecule has 0 saturated carbocycles. The highest BCUT2D eigenvalue weighted by Crippen LogP contribution is 2.29. The van der Waals surface area contributed by atoms with Gasteiger partial charge in [-0.15, -0.1) is 0 Å². The lowest BCUT2D eigenvalue weighted by Crippen LogP contribution is -2.44. The van der Waals surface area contributed by atoms with Gasteiger partial charge in [-0.3, -0.25) is 4.79 Å². The number of carbonyl (C=O) groups excluding carboxylic acids is 1. The zero-order valence-corrected chi connectivity index (χ0v) is 29.5. The number of nitrogens with zero attached hydrogens (tertiary/aromatic N) is 4. The number of piperidine rings is 2. The molecule has 0 spiro atoms. The highest BCUT2D eigenvalue weighted by atomic mass is 79.9. The van der Waals surface area contributed by atoms with Gasteiger partial charge in [-0.25, -0.2) is 22.1 Å². The number of hydrogen-bond acceptors (Lipinski definition) is 9. The van der Waals surface area contributed by atoms with Gasteiger partial charge in [0.2, 0.25) is 16.0 Å². The van der Waals surface area contributed by atoms with E-state index in [1.807, 2.05) is 0 Å². The van der Waals surface area contributed by atoms with E-state index in [0.29, 0.717) is 54.7 Å². The molecule has 3 heterocycles. The summed E-state index contributed by atoms with van der Waals surface area (Å²) in [5.41, 5.74) is 6.74. The summed E-state index contributed by atoms with van der Waals surface area (Å²) < 4.78 is 47.8. The van der Waals surface area contributed by atoms with Crippen molar-refractivity contribution in [1.29, 1.82) is 0 Å². The van der Waals surface area contributed by atoms with E-state index in [0.717, 1.165) is 45.0 Å². The molecule has 2 aliphatic heterocycles. The van der Waals surface area contributed by atoms with Crippen molar-refractivity contribution < 1.29 is 22.3 Å². The number of carbonyl (C=O) groups is 1. The van der Waals surface area contributed by atoms with Gasteiger partial charge in [-0.1, -0.05) is 36.4 Å². The standard InChI is InChI=1S/C34H45BrFN7O4S/c35-28-24-38-34(41-33(28)40-30-11-7-10-29(36)31(30)32(37)44)39-27-14-19-43(20-15-27)48(45,46)23-22-47-21-6-2-5-16-42-17-12-26(13-18-42)25-8-3-1-4-9-25/h1,3-4,7-11,24,26-27H,2,5-6,12-23H2,(H2,37,44)(H2,38,39,40,41). The summed E-state index contributed by atoms with van der Waals surface area (Å²) in [6, 6.07) is 14.9. The number of nitrogens with one attached hydrogen (secondary N) is 2. The maximum absolute atomic E-state index is 14.2. The first-order chi connectivity index (χ1) is 23.2. The molecular formula is C34H45BrFN7O4S. The van der Waals surface area contributed by atoms with Crippen LogP contribution in [0.1, 0.15) is 66.8 Å². The molecule has 2 fully saturated rings. The van der Waals surface area contributed by atoms with Gasteiger partial charge in [-0.05, 0) is 104 Å². The lowest BCUT2D eigenvalue weighted by atomic mass is 9.89. The van der Waals surface area contributed by atoms with Crippen LogP contribution >= 0.6 is 15.9 Å². The third kappa shape index (κ3) is 10.2. The monoisotopic (exact) mass is 745 g/mol. The van der Waals surface area contributed by atoms with Crippen LogP contribution in [-0.4, -0.2) is 91.2 Å². The van der Waals surface area contributed by atoms with Crippen molar-refractivity contribution in [1.82, 2.24) is 19.2 Å². The number of anilines is 3. The van der Waals surface area contributed by atoms with E-state index < -0.39 is 21.7 Å². The highest BCUT2D eigenvalue weighted by Gasteiger charge is 2.28. The molecular weight excluding hydrogens is 701 g/mol. The summed E-state index contributed by atoms with van der Waals surface area (Å²) in [6.07, 6.45) is 8.28. The smallest absolute Gasteiger partial charge is 0.253 e. The number of halogens is 2. The summed E-state index contributed by atoms with van der Waals surface area (Å²) >= 11 is 3.38. The molecule has 260 valence electrons.